The van der Waals surface area contributed by atoms with E-state index in [1.165, 1.54) is 4.90 Å². The third kappa shape index (κ3) is 3.59. The zero-order valence-electron chi connectivity index (χ0n) is 10.1. The van der Waals surface area contributed by atoms with Crippen molar-refractivity contribution in [3.8, 4) is 0 Å². The first-order valence-electron chi connectivity index (χ1n) is 5.43. The molecule has 1 fully saturated rings. The maximum Gasteiger partial charge on any atom is 0.414 e. The summed E-state index contributed by atoms with van der Waals surface area (Å²) in [6, 6.07) is 6.10. The largest absolute Gasteiger partial charge is 0.447 e. The number of cyclic esters (lactones) is 1. The van der Waals surface area contributed by atoms with Crippen LogP contribution in [-0.4, -0.2) is 40.0 Å². The van der Waals surface area contributed by atoms with E-state index in [-0.39, 0.29) is 13.2 Å². The van der Waals surface area contributed by atoms with Gasteiger partial charge in [-0.3, -0.25) is 9.08 Å². The molecule has 1 saturated heterocycles. The highest BCUT2D eigenvalue weighted by atomic mass is 35.5. The maximum absolute atomic E-state index is 11.7. The van der Waals surface area contributed by atoms with Crippen LogP contribution >= 0.6 is 11.6 Å². The highest BCUT2D eigenvalue weighted by Gasteiger charge is 2.35. The van der Waals surface area contributed by atoms with Crippen LogP contribution in [0.2, 0.25) is 5.02 Å². The summed E-state index contributed by atoms with van der Waals surface area (Å²) in [7, 11) is -3.56. The van der Waals surface area contributed by atoms with E-state index in [9.17, 15) is 13.2 Å². The van der Waals surface area contributed by atoms with Crippen molar-refractivity contribution in [3.05, 3.63) is 29.3 Å². The molecule has 1 aromatic rings. The van der Waals surface area contributed by atoms with Crippen LogP contribution in [0, 0.1) is 0 Å². The molecule has 0 N–H and O–H groups in total. The number of benzene rings is 1. The Hall–Kier alpha value is -1.31. The van der Waals surface area contributed by atoms with E-state index in [2.05, 4.69) is 0 Å². The second kappa shape index (κ2) is 5.36. The highest BCUT2D eigenvalue weighted by molar-refractivity contribution is 7.85. The van der Waals surface area contributed by atoms with Crippen LogP contribution in [-0.2, 0) is 19.0 Å². The second-order valence-electron chi connectivity index (χ2n) is 4.07. The standard InChI is InChI=1S/C11H12ClNO5S/c1-19(15,16)18-7-10-6-17-11(14)13(10)9-4-2-8(12)3-5-9/h2-5,10H,6-7H2,1H3/t10-/m0/s1. The molecule has 1 aromatic carbocycles. The van der Waals surface area contributed by atoms with Gasteiger partial charge >= 0.3 is 6.09 Å². The zero-order valence-corrected chi connectivity index (χ0v) is 11.6. The van der Waals surface area contributed by atoms with Crippen LogP contribution in [0.5, 0.6) is 0 Å². The van der Waals surface area contributed by atoms with E-state index in [0.717, 1.165) is 6.26 Å². The van der Waals surface area contributed by atoms with Crippen LogP contribution in [0.15, 0.2) is 24.3 Å². The number of anilines is 1. The Morgan fingerprint density at radius 2 is 2.05 bits per heavy atom. The van der Waals surface area contributed by atoms with E-state index in [1.807, 2.05) is 0 Å². The summed E-state index contributed by atoms with van der Waals surface area (Å²) in [5.74, 6) is 0. The monoisotopic (exact) mass is 305 g/mol. The van der Waals surface area contributed by atoms with Gasteiger partial charge in [0.25, 0.3) is 10.1 Å². The number of hydrogen-bond acceptors (Lipinski definition) is 5. The predicted octanol–water partition coefficient (Wildman–Crippen LogP) is 1.64. The number of hydrogen-bond donors (Lipinski definition) is 0. The van der Waals surface area contributed by atoms with Crippen molar-refractivity contribution in [1.29, 1.82) is 0 Å². The van der Waals surface area contributed by atoms with Gasteiger partial charge in [0, 0.05) is 10.7 Å². The third-order valence-electron chi connectivity index (χ3n) is 2.54. The highest BCUT2D eigenvalue weighted by Crippen LogP contribution is 2.25. The minimum Gasteiger partial charge on any atom is -0.447 e. The molecule has 0 saturated carbocycles. The number of ether oxygens (including phenoxy) is 1. The first-order valence-corrected chi connectivity index (χ1v) is 7.62. The minimum atomic E-state index is -3.56. The second-order valence-corrected chi connectivity index (χ2v) is 6.15. The first-order chi connectivity index (χ1) is 8.87. The normalized spacial score (nSPS) is 19.6. The summed E-state index contributed by atoms with van der Waals surface area (Å²) in [4.78, 5) is 13.0. The number of carbonyl (C=O) groups excluding carboxylic acids is 1. The van der Waals surface area contributed by atoms with E-state index in [4.69, 9.17) is 20.5 Å². The Morgan fingerprint density at radius 1 is 1.42 bits per heavy atom. The Balaban J connectivity index is 2.16. The zero-order chi connectivity index (χ0) is 14.0. The lowest BCUT2D eigenvalue weighted by Crippen LogP contribution is -2.37. The van der Waals surface area contributed by atoms with Gasteiger partial charge in [-0.1, -0.05) is 11.6 Å². The smallest absolute Gasteiger partial charge is 0.414 e. The van der Waals surface area contributed by atoms with Crippen molar-refractivity contribution in [2.75, 3.05) is 24.4 Å². The molecule has 19 heavy (non-hydrogen) atoms. The molecule has 0 aliphatic carbocycles. The van der Waals surface area contributed by atoms with Crippen molar-refractivity contribution < 1.29 is 22.1 Å². The van der Waals surface area contributed by atoms with E-state index in [0.29, 0.717) is 10.7 Å². The van der Waals surface area contributed by atoms with Gasteiger partial charge in [0.15, 0.2) is 0 Å². The quantitative estimate of drug-likeness (QED) is 0.791. The Kier molecular flexibility index (Phi) is 3.98. The van der Waals surface area contributed by atoms with Gasteiger partial charge in [-0.25, -0.2) is 4.79 Å². The molecular weight excluding hydrogens is 294 g/mol. The third-order valence-corrected chi connectivity index (χ3v) is 3.36. The average molecular weight is 306 g/mol. The van der Waals surface area contributed by atoms with Crippen LogP contribution in [0.3, 0.4) is 0 Å². The lowest BCUT2D eigenvalue weighted by atomic mass is 10.2. The number of amides is 1. The van der Waals surface area contributed by atoms with E-state index >= 15 is 0 Å². The lowest BCUT2D eigenvalue weighted by Gasteiger charge is -2.20. The molecule has 0 bridgehead atoms. The fourth-order valence-corrected chi connectivity index (χ4v) is 2.23. The molecule has 104 valence electrons. The van der Waals surface area contributed by atoms with Crippen LogP contribution in [0.1, 0.15) is 0 Å². The summed E-state index contributed by atoms with van der Waals surface area (Å²) in [6.07, 6.45) is 0.418. The molecule has 0 spiro atoms. The number of rotatable bonds is 4. The first kappa shape index (κ1) is 14.1. The van der Waals surface area contributed by atoms with Gasteiger partial charge in [0.05, 0.1) is 18.9 Å². The van der Waals surface area contributed by atoms with Gasteiger partial charge < -0.3 is 4.74 Å². The molecule has 1 aliphatic heterocycles. The fraction of sp³-hybridized carbons (Fsp3) is 0.364. The van der Waals surface area contributed by atoms with Gasteiger partial charge in [0.2, 0.25) is 0 Å². The molecule has 1 atom stereocenters. The SMILES string of the molecule is CS(=O)(=O)OC[C@@H]1COC(=O)N1c1ccc(Cl)cc1. The van der Waals surface area contributed by atoms with Crippen molar-refractivity contribution >= 4 is 33.5 Å². The Morgan fingerprint density at radius 3 is 2.63 bits per heavy atom. The fourth-order valence-electron chi connectivity index (χ4n) is 1.70. The van der Waals surface area contributed by atoms with Gasteiger partial charge in [0.1, 0.15) is 6.61 Å². The summed E-state index contributed by atoms with van der Waals surface area (Å²) >= 11 is 5.77. The molecule has 8 heteroatoms. The maximum atomic E-state index is 11.7. The van der Waals surface area contributed by atoms with Gasteiger partial charge in [-0.05, 0) is 24.3 Å². The van der Waals surface area contributed by atoms with Crippen LogP contribution < -0.4 is 4.90 Å². The van der Waals surface area contributed by atoms with Crippen molar-refractivity contribution in [3.63, 3.8) is 0 Å². The minimum absolute atomic E-state index is 0.0803. The molecule has 6 nitrogen and oxygen atoms in total. The van der Waals surface area contributed by atoms with E-state index < -0.39 is 22.3 Å². The lowest BCUT2D eigenvalue weighted by molar-refractivity contribution is 0.175. The van der Waals surface area contributed by atoms with Crippen LogP contribution in [0.25, 0.3) is 0 Å². The number of carbonyl (C=O) groups is 1. The summed E-state index contributed by atoms with van der Waals surface area (Å²) in [6.45, 7) is -0.0653. The topological polar surface area (TPSA) is 72.9 Å². The molecule has 0 aromatic heterocycles. The van der Waals surface area contributed by atoms with Gasteiger partial charge in [-0.2, -0.15) is 8.42 Å². The molecule has 1 aliphatic rings. The molecular formula is C11H12ClNO5S. The summed E-state index contributed by atoms with van der Waals surface area (Å²) in [5.41, 5.74) is 0.578. The number of nitrogens with zero attached hydrogens (tertiary/aromatic N) is 1. The number of halogens is 1. The molecule has 1 amide bonds. The molecule has 0 unspecified atom stereocenters. The van der Waals surface area contributed by atoms with E-state index in [1.54, 1.807) is 24.3 Å². The van der Waals surface area contributed by atoms with Crippen LogP contribution in [0.4, 0.5) is 10.5 Å². The Labute approximate surface area is 116 Å². The molecule has 1 heterocycles. The van der Waals surface area contributed by atoms with Crippen molar-refractivity contribution in [2.45, 2.75) is 6.04 Å². The average Bonchev–Trinajstić information content (AvgIpc) is 2.68. The molecule has 2 rings (SSSR count). The Bertz CT molecular complexity index is 571. The summed E-state index contributed by atoms with van der Waals surface area (Å²) in [5, 5.41) is 0.542. The predicted molar refractivity (Wildman–Crippen MR) is 69.9 cm³/mol. The van der Waals surface area contributed by atoms with Crippen molar-refractivity contribution in [1.82, 2.24) is 0 Å². The van der Waals surface area contributed by atoms with Crippen molar-refractivity contribution in [2.24, 2.45) is 0 Å². The van der Waals surface area contributed by atoms with Gasteiger partial charge in [-0.15, -0.1) is 0 Å². The molecule has 0 radical (unpaired) electrons. The summed E-state index contributed by atoms with van der Waals surface area (Å²) < 4.78 is 31.6.